The van der Waals surface area contributed by atoms with Gasteiger partial charge in [-0.15, -0.1) is 0 Å². The minimum absolute atomic E-state index is 0.842. The zero-order valence-corrected chi connectivity index (χ0v) is 13.0. The first-order valence-electron chi connectivity index (χ1n) is 7.85. The molecule has 2 heterocycles. The van der Waals surface area contributed by atoms with Crippen LogP contribution in [0.5, 0.6) is 0 Å². The Labute approximate surface area is 126 Å². The molecule has 1 aromatic carbocycles. The molecule has 2 aromatic rings. The second-order valence-electron chi connectivity index (χ2n) is 5.80. The molecule has 2 N–H and O–H groups in total. The van der Waals surface area contributed by atoms with Gasteiger partial charge in [0.15, 0.2) is 5.82 Å². The summed E-state index contributed by atoms with van der Waals surface area (Å²) in [6, 6.07) is 8.76. The maximum Gasteiger partial charge on any atom is 0.150 e. The first-order valence-corrected chi connectivity index (χ1v) is 7.85. The van der Waals surface area contributed by atoms with Crippen LogP contribution in [0.3, 0.4) is 0 Å². The molecule has 1 aliphatic rings. The summed E-state index contributed by atoms with van der Waals surface area (Å²) in [5.41, 5.74) is 11.0. The Kier molecular flexibility index (Phi) is 3.86. The topological polar surface area (TPSA) is 47.1 Å². The van der Waals surface area contributed by atoms with Crippen molar-refractivity contribution >= 4 is 11.5 Å². The molecule has 3 rings (SSSR count). The van der Waals surface area contributed by atoms with Crippen LogP contribution in [0.2, 0.25) is 0 Å². The van der Waals surface area contributed by atoms with Gasteiger partial charge < -0.3 is 10.6 Å². The summed E-state index contributed by atoms with van der Waals surface area (Å²) in [7, 11) is 0. The molecule has 0 spiro atoms. The third-order valence-corrected chi connectivity index (χ3v) is 4.30. The van der Waals surface area contributed by atoms with Crippen molar-refractivity contribution in [3.8, 4) is 0 Å². The molecule has 0 bridgehead atoms. The van der Waals surface area contributed by atoms with Gasteiger partial charge in [-0.05, 0) is 37.3 Å². The normalized spacial score (nSPS) is 14.9. The van der Waals surface area contributed by atoms with Crippen LogP contribution in [0, 0.1) is 6.92 Å². The highest BCUT2D eigenvalue weighted by Gasteiger charge is 2.21. The SMILES string of the molecule is CCCn1nc(C)c(N)c1N1CCc2ccccc2CC1. The lowest BCUT2D eigenvalue weighted by molar-refractivity contribution is 0.585. The average Bonchev–Trinajstić information content (AvgIpc) is 2.67. The van der Waals surface area contributed by atoms with Crippen LogP contribution in [0.15, 0.2) is 24.3 Å². The van der Waals surface area contributed by atoms with E-state index in [1.165, 1.54) is 11.1 Å². The summed E-state index contributed by atoms with van der Waals surface area (Å²) in [5.74, 6) is 1.11. The zero-order valence-electron chi connectivity index (χ0n) is 13.0. The van der Waals surface area contributed by atoms with Gasteiger partial charge in [0.05, 0.1) is 11.4 Å². The number of aryl methyl sites for hydroxylation is 2. The van der Waals surface area contributed by atoms with E-state index in [0.29, 0.717) is 0 Å². The van der Waals surface area contributed by atoms with Crippen molar-refractivity contribution in [3.63, 3.8) is 0 Å². The third-order valence-electron chi connectivity index (χ3n) is 4.30. The van der Waals surface area contributed by atoms with Crippen molar-refractivity contribution in [3.05, 3.63) is 41.1 Å². The lowest BCUT2D eigenvalue weighted by Gasteiger charge is -2.24. The molecule has 21 heavy (non-hydrogen) atoms. The first-order chi connectivity index (χ1) is 10.2. The molecular formula is C17H24N4. The number of benzene rings is 1. The average molecular weight is 284 g/mol. The van der Waals surface area contributed by atoms with Crippen LogP contribution < -0.4 is 10.6 Å². The first kappa shape index (κ1) is 14.0. The molecule has 0 aliphatic carbocycles. The number of aromatic nitrogens is 2. The monoisotopic (exact) mass is 284 g/mol. The summed E-state index contributed by atoms with van der Waals surface area (Å²) in [4.78, 5) is 2.41. The van der Waals surface area contributed by atoms with E-state index in [0.717, 1.165) is 56.1 Å². The summed E-state index contributed by atoms with van der Waals surface area (Å²) < 4.78 is 2.08. The van der Waals surface area contributed by atoms with E-state index >= 15 is 0 Å². The molecule has 0 unspecified atom stereocenters. The Morgan fingerprint density at radius 3 is 2.33 bits per heavy atom. The molecule has 4 nitrogen and oxygen atoms in total. The number of fused-ring (bicyclic) bond motifs is 1. The highest BCUT2D eigenvalue weighted by Crippen LogP contribution is 2.29. The third kappa shape index (κ3) is 2.62. The minimum Gasteiger partial charge on any atom is -0.394 e. The van der Waals surface area contributed by atoms with Crippen molar-refractivity contribution in [1.82, 2.24) is 9.78 Å². The number of nitrogen functional groups attached to an aromatic ring is 1. The summed E-state index contributed by atoms with van der Waals surface area (Å²) >= 11 is 0. The Bertz CT molecular complexity index is 603. The second kappa shape index (κ2) is 5.80. The molecule has 0 atom stereocenters. The molecule has 0 fully saturated rings. The zero-order chi connectivity index (χ0) is 14.8. The van der Waals surface area contributed by atoms with Crippen LogP contribution >= 0.6 is 0 Å². The number of rotatable bonds is 3. The largest absolute Gasteiger partial charge is 0.394 e. The van der Waals surface area contributed by atoms with Gasteiger partial charge in [0, 0.05) is 19.6 Å². The Morgan fingerprint density at radius 2 is 1.76 bits per heavy atom. The maximum atomic E-state index is 6.30. The summed E-state index contributed by atoms with van der Waals surface area (Å²) in [5, 5.41) is 4.60. The predicted octanol–water partition coefficient (Wildman–Crippen LogP) is 2.79. The molecule has 112 valence electrons. The van der Waals surface area contributed by atoms with Gasteiger partial charge in [-0.1, -0.05) is 31.2 Å². The smallest absolute Gasteiger partial charge is 0.150 e. The van der Waals surface area contributed by atoms with E-state index in [1.807, 2.05) is 6.92 Å². The van der Waals surface area contributed by atoms with Gasteiger partial charge in [0.2, 0.25) is 0 Å². The van der Waals surface area contributed by atoms with Crippen molar-refractivity contribution in [2.24, 2.45) is 0 Å². The fraction of sp³-hybridized carbons (Fsp3) is 0.471. The molecule has 4 heteroatoms. The van der Waals surface area contributed by atoms with Gasteiger partial charge >= 0.3 is 0 Å². The summed E-state index contributed by atoms with van der Waals surface area (Å²) in [6.07, 6.45) is 3.22. The lowest BCUT2D eigenvalue weighted by Crippen LogP contribution is -2.29. The van der Waals surface area contributed by atoms with Crippen LogP contribution in [-0.2, 0) is 19.4 Å². The standard InChI is InChI=1S/C17H24N4/c1-3-10-21-17(16(18)13(2)19-21)20-11-8-14-6-4-5-7-15(14)9-12-20/h4-7H,3,8-12,18H2,1-2H3. The lowest BCUT2D eigenvalue weighted by atomic mass is 10.0. The number of nitrogens with two attached hydrogens (primary N) is 1. The van der Waals surface area contributed by atoms with Crippen LogP contribution in [-0.4, -0.2) is 22.9 Å². The van der Waals surface area contributed by atoms with Crippen LogP contribution in [0.25, 0.3) is 0 Å². The van der Waals surface area contributed by atoms with Gasteiger partial charge in [0.1, 0.15) is 0 Å². The van der Waals surface area contributed by atoms with E-state index < -0.39 is 0 Å². The molecule has 0 saturated heterocycles. The van der Waals surface area contributed by atoms with Crippen LogP contribution in [0.1, 0.15) is 30.2 Å². The van der Waals surface area contributed by atoms with E-state index in [9.17, 15) is 0 Å². The number of anilines is 2. The molecular weight excluding hydrogens is 260 g/mol. The van der Waals surface area contributed by atoms with Gasteiger partial charge in [-0.2, -0.15) is 5.10 Å². The van der Waals surface area contributed by atoms with Crippen molar-refractivity contribution in [1.29, 1.82) is 0 Å². The fourth-order valence-electron chi connectivity index (χ4n) is 3.16. The molecule has 0 radical (unpaired) electrons. The summed E-state index contributed by atoms with van der Waals surface area (Å²) in [6.45, 7) is 7.12. The number of nitrogens with zero attached hydrogens (tertiary/aromatic N) is 3. The van der Waals surface area contributed by atoms with Gasteiger partial charge in [0.25, 0.3) is 0 Å². The maximum absolute atomic E-state index is 6.30. The van der Waals surface area contributed by atoms with E-state index in [1.54, 1.807) is 0 Å². The highest BCUT2D eigenvalue weighted by molar-refractivity contribution is 5.66. The van der Waals surface area contributed by atoms with E-state index in [4.69, 9.17) is 5.73 Å². The van der Waals surface area contributed by atoms with Crippen LogP contribution in [0.4, 0.5) is 11.5 Å². The van der Waals surface area contributed by atoms with Crippen molar-refractivity contribution in [2.75, 3.05) is 23.7 Å². The molecule has 1 aliphatic heterocycles. The van der Waals surface area contributed by atoms with E-state index in [2.05, 4.69) is 45.9 Å². The number of hydrogen-bond donors (Lipinski definition) is 1. The number of hydrogen-bond acceptors (Lipinski definition) is 3. The molecule has 0 saturated carbocycles. The van der Waals surface area contributed by atoms with Gasteiger partial charge in [-0.25, -0.2) is 4.68 Å². The predicted molar refractivity (Wildman–Crippen MR) is 87.7 cm³/mol. The Balaban J connectivity index is 1.89. The molecule has 1 aromatic heterocycles. The Hall–Kier alpha value is -1.97. The Morgan fingerprint density at radius 1 is 1.14 bits per heavy atom. The fourth-order valence-corrected chi connectivity index (χ4v) is 3.16. The quantitative estimate of drug-likeness (QED) is 0.942. The van der Waals surface area contributed by atoms with Crippen molar-refractivity contribution < 1.29 is 0 Å². The van der Waals surface area contributed by atoms with E-state index in [-0.39, 0.29) is 0 Å². The molecule has 0 amide bonds. The van der Waals surface area contributed by atoms with Crippen molar-refractivity contribution in [2.45, 2.75) is 39.7 Å². The second-order valence-corrected chi connectivity index (χ2v) is 5.80. The minimum atomic E-state index is 0.842. The highest BCUT2D eigenvalue weighted by atomic mass is 15.4. The van der Waals surface area contributed by atoms with Gasteiger partial charge in [-0.3, -0.25) is 0 Å².